The van der Waals surface area contributed by atoms with Gasteiger partial charge in [0.05, 0.1) is 21.7 Å². The molecule has 0 saturated heterocycles. The minimum absolute atomic E-state index is 0.0203. The van der Waals surface area contributed by atoms with Crippen LogP contribution < -0.4 is 5.73 Å². The molecule has 126 valence electrons. The number of hydrogen-bond donors (Lipinski definition) is 3. The molecular formula is C16H19Cl2NO4. The summed E-state index contributed by atoms with van der Waals surface area (Å²) in [6.45, 7) is 5.83. The summed E-state index contributed by atoms with van der Waals surface area (Å²) in [6.07, 6.45) is 4.39. The fourth-order valence-corrected chi connectivity index (χ4v) is 2.84. The molecule has 7 heteroatoms. The van der Waals surface area contributed by atoms with E-state index in [4.69, 9.17) is 39.1 Å². The number of halogens is 2. The zero-order chi connectivity index (χ0) is 18.0. The molecule has 0 amide bonds. The molecule has 0 bridgehead atoms. The molecule has 1 fully saturated rings. The third-order valence-electron chi connectivity index (χ3n) is 3.93. The largest absolute Gasteiger partial charge is 0.481 e. The molecule has 1 aliphatic rings. The summed E-state index contributed by atoms with van der Waals surface area (Å²) in [4.78, 5) is 21.4. The summed E-state index contributed by atoms with van der Waals surface area (Å²) < 4.78 is 0. The smallest absolute Gasteiger partial charge is 0.337 e. The lowest BCUT2D eigenvalue weighted by Gasteiger charge is -2.09. The van der Waals surface area contributed by atoms with E-state index in [2.05, 4.69) is 0 Å². The second kappa shape index (κ2) is 6.81. The number of allylic oxidation sites excluding steroid dienone is 1. The third kappa shape index (κ3) is 3.98. The molecule has 1 aromatic rings. The summed E-state index contributed by atoms with van der Waals surface area (Å²) in [5.41, 5.74) is 4.85. The zero-order valence-corrected chi connectivity index (χ0v) is 14.6. The number of nitrogens with two attached hydrogens (primary N) is 1. The van der Waals surface area contributed by atoms with Crippen LogP contribution in [0.25, 0.3) is 0 Å². The standard InChI is InChI=1S/C9H14O2.C7H5Cl2NO2/c1-4-5-9(7(10)11)6-8(9,2)3;8-3-1-4(7(11)12)6(9)5(10)2-3/h4-5H,6H2,1-3H3,(H,10,11);1-2H,10H2,(H,11,12). The SMILES string of the molecule is CC=CC1(C(=O)O)CC1(C)C.Nc1cc(Cl)cc(C(=O)O)c1Cl. The molecule has 0 spiro atoms. The van der Waals surface area contributed by atoms with Gasteiger partial charge in [0.25, 0.3) is 0 Å². The fraction of sp³-hybridized carbons (Fsp3) is 0.375. The fourth-order valence-electron chi connectivity index (χ4n) is 2.42. The van der Waals surface area contributed by atoms with E-state index in [-0.39, 0.29) is 26.7 Å². The van der Waals surface area contributed by atoms with Gasteiger partial charge in [0.15, 0.2) is 0 Å². The summed E-state index contributed by atoms with van der Waals surface area (Å²) in [5.74, 6) is -1.84. The third-order valence-corrected chi connectivity index (χ3v) is 4.57. The van der Waals surface area contributed by atoms with Crippen molar-refractivity contribution in [2.75, 3.05) is 5.73 Å². The van der Waals surface area contributed by atoms with Crippen molar-refractivity contribution in [1.82, 2.24) is 0 Å². The van der Waals surface area contributed by atoms with Gasteiger partial charge in [-0.15, -0.1) is 0 Å². The Morgan fingerprint density at radius 2 is 1.78 bits per heavy atom. The second-order valence-corrected chi connectivity index (χ2v) is 6.81. The van der Waals surface area contributed by atoms with E-state index in [0.29, 0.717) is 0 Å². The first-order valence-electron chi connectivity index (χ1n) is 6.83. The predicted octanol–water partition coefficient (Wildman–Crippen LogP) is 4.34. The molecule has 1 atom stereocenters. The molecule has 0 heterocycles. The van der Waals surface area contributed by atoms with Crippen molar-refractivity contribution in [1.29, 1.82) is 0 Å². The maximum atomic E-state index is 10.8. The number of nitrogen functional groups attached to an aromatic ring is 1. The molecule has 1 aromatic carbocycles. The molecule has 4 N–H and O–H groups in total. The quantitative estimate of drug-likeness (QED) is 0.550. The Labute approximate surface area is 144 Å². The molecule has 23 heavy (non-hydrogen) atoms. The van der Waals surface area contributed by atoms with E-state index >= 15 is 0 Å². The molecule has 2 rings (SSSR count). The van der Waals surface area contributed by atoms with Crippen LogP contribution in [-0.4, -0.2) is 22.2 Å². The van der Waals surface area contributed by atoms with Crippen molar-refractivity contribution in [2.24, 2.45) is 10.8 Å². The van der Waals surface area contributed by atoms with Gasteiger partial charge in [-0.2, -0.15) is 0 Å². The number of carboxylic acid groups (broad SMARTS) is 2. The van der Waals surface area contributed by atoms with Crippen LogP contribution in [-0.2, 0) is 4.79 Å². The summed E-state index contributed by atoms with van der Waals surface area (Å²) in [5, 5.41) is 17.8. The molecule has 1 saturated carbocycles. The molecule has 1 aliphatic carbocycles. The van der Waals surface area contributed by atoms with Crippen molar-refractivity contribution in [2.45, 2.75) is 27.2 Å². The zero-order valence-electron chi connectivity index (χ0n) is 13.1. The number of carbonyl (C=O) groups is 2. The van der Waals surface area contributed by atoms with Crippen molar-refractivity contribution in [3.8, 4) is 0 Å². The van der Waals surface area contributed by atoms with Crippen molar-refractivity contribution in [3.63, 3.8) is 0 Å². The highest BCUT2D eigenvalue weighted by molar-refractivity contribution is 6.37. The van der Waals surface area contributed by atoms with E-state index in [1.54, 1.807) is 6.08 Å². The van der Waals surface area contributed by atoms with Crippen LogP contribution >= 0.6 is 23.2 Å². The maximum Gasteiger partial charge on any atom is 0.337 e. The average molecular weight is 360 g/mol. The van der Waals surface area contributed by atoms with E-state index in [1.807, 2.05) is 26.8 Å². The van der Waals surface area contributed by atoms with Gasteiger partial charge in [0.2, 0.25) is 0 Å². The first-order chi connectivity index (χ1) is 10.5. The number of benzene rings is 1. The maximum absolute atomic E-state index is 10.8. The Kier molecular flexibility index (Phi) is 5.72. The highest BCUT2D eigenvalue weighted by Crippen LogP contribution is 2.64. The molecule has 1 unspecified atom stereocenters. The van der Waals surface area contributed by atoms with Crippen LogP contribution in [0.1, 0.15) is 37.6 Å². The van der Waals surface area contributed by atoms with Crippen LogP contribution in [0.2, 0.25) is 10.0 Å². The number of anilines is 1. The Hall–Kier alpha value is -1.72. The summed E-state index contributed by atoms with van der Waals surface area (Å²) >= 11 is 11.2. The van der Waals surface area contributed by atoms with Gasteiger partial charge in [-0.05, 0) is 30.9 Å². The number of aromatic carboxylic acids is 1. The molecule has 5 nitrogen and oxygen atoms in total. The highest BCUT2D eigenvalue weighted by Gasteiger charge is 2.64. The van der Waals surface area contributed by atoms with Gasteiger partial charge < -0.3 is 15.9 Å². The molecule has 0 radical (unpaired) electrons. The van der Waals surface area contributed by atoms with Crippen LogP contribution in [0.4, 0.5) is 5.69 Å². The topological polar surface area (TPSA) is 101 Å². The Morgan fingerprint density at radius 1 is 1.26 bits per heavy atom. The molecule has 0 aliphatic heterocycles. The van der Waals surface area contributed by atoms with Gasteiger partial charge in [0.1, 0.15) is 0 Å². The minimum Gasteiger partial charge on any atom is -0.481 e. The van der Waals surface area contributed by atoms with E-state index in [9.17, 15) is 9.59 Å². The average Bonchev–Trinajstić information content (AvgIpc) is 2.98. The van der Waals surface area contributed by atoms with Crippen molar-refractivity contribution >= 4 is 40.8 Å². The normalized spacial score (nSPS) is 21.4. The van der Waals surface area contributed by atoms with Gasteiger partial charge in [-0.3, -0.25) is 4.79 Å². The van der Waals surface area contributed by atoms with Crippen LogP contribution in [0.5, 0.6) is 0 Å². The van der Waals surface area contributed by atoms with Crippen LogP contribution in [0.15, 0.2) is 24.3 Å². The van der Waals surface area contributed by atoms with E-state index < -0.39 is 17.4 Å². The lowest BCUT2D eigenvalue weighted by atomic mass is 9.96. The predicted molar refractivity (Wildman–Crippen MR) is 91.1 cm³/mol. The van der Waals surface area contributed by atoms with Crippen LogP contribution in [0, 0.1) is 10.8 Å². The Balaban J connectivity index is 0.000000231. The lowest BCUT2D eigenvalue weighted by Crippen LogP contribution is -2.17. The van der Waals surface area contributed by atoms with Crippen molar-refractivity contribution < 1.29 is 19.8 Å². The monoisotopic (exact) mass is 359 g/mol. The molecule has 0 aromatic heterocycles. The number of rotatable bonds is 3. The second-order valence-electron chi connectivity index (χ2n) is 6.00. The lowest BCUT2D eigenvalue weighted by molar-refractivity contribution is -0.142. The minimum atomic E-state index is -1.14. The van der Waals surface area contributed by atoms with E-state index in [0.717, 1.165) is 6.42 Å². The Bertz CT molecular complexity index is 670. The van der Waals surface area contributed by atoms with Gasteiger partial charge in [0, 0.05) is 5.02 Å². The summed E-state index contributed by atoms with van der Waals surface area (Å²) in [7, 11) is 0. The first kappa shape index (κ1) is 19.3. The number of carboxylic acids is 2. The van der Waals surface area contributed by atoms with Crippen molar-refractivity contribution in [3.05, 3.63) is 39.9 Å². The highest BCUT2D eigenvalue weighted by atomic mass is 35.5. The molecular weight excluding hydrogens is 341 g/mol. The Morgan fingerprint density at radius 3 is 2.09 bits per heavy atom. The first-order valence-corrected chi connectivity index (χ1v) is 7.59. The number of aliphatic carboxylic acids is 1. The van der Waals surface area contributed by atoms with Gasteiger partial charge in [-0.25, -0.2) is 4.79 Å². The van der Waals surface area contributed by atoms with Gasteiger partial charge in [-0.1, -0.05) is 49.2 Å². The van der Waals surface area contributed by atoms with Gasteiger partial charge >= 0.3 is 11.9 Å². The van der Waals surface area contributed by atoms with E-state index in [1.165, 1.54) is 12.1 Å². The summed E-state index contributed by atoms with van der Waals surface area (Å²) in [6, 6.07) is 2.65. The number of hydrogen-bond acceptors (Lipinski definition) is 3. The van der Waals surface area contributed by atoms with Crippen LogP contribution in [0.3, 0.4) is 0 Å².